The summed E-state index contributed by atoms with van der Waals surface area (Å²) in [4.78, 5) is 45.0. The number of rotatable bonds is 11. The van der Waals surface area contributed by atoms with Crippen LogP contribution < -0.4 is 0 Å². The number of carbonyl (C=O) groups is 3. The fourth-order valence-electron chi connectivity index (χ4n) is 6.40. The molecule has 0 aromatic heterocycles. The van der Waals surface area contributed by atoms with Crippen LogP contribution in [0.1, 0.15) is 66.7 Å². The first-order valence-electron chi connectivity index (χ1n) is 12.8. The van der Waals surface area contributed by atoms with Gasteiger partial charge in [-0.15, -0.1) is 13.2 Å². The van der Waals surface area contributed by atoms with Crippen molar-refractivity contribution in [2.45, 2.75) is 95.5 Å². The van der Waals surface area contributed by atoms with Crippen LogP contribution in [0.5, 0.6) is 0 Å². The SMILES string of the molecule is C=CCCOC(=O)[C@@H]1[C@H]2C(=O)N([C@@H](CC)CO)C(C(=O)N(CC=C)C(C)(C)C)C23CC[C@@]1(CC)O3. The van der Waals surface area contributed by atoms with E-state index >= 15 is 0 Å². The maximum absolute atomic E-state index is 14.3. The molecule has 0 aromatic rings. The molecule has 3 fully saturated rings. The lowest BCUT2D eigenvalue weighted by Gasteiger charge is -2.43. The smallest absolute Gasteiger partial charge is 0.312 e. The predicted octanol–water partition coefficient (Wildman–Crippen LogP) is 2.84. The first-order chi connectivity index (χ1) is 16.5. The minimum absolute atomic E-state index is 0.184. The van der Waals surface area contributed by atoms with Crippen molar-refractivity contribution < 1.29 is 29.0 Å². The van der Waals surface area contributed by atoms with Crippen molar-refractivity contribution in [3.63, 3.8) is 0 Å². The largest absolute Gasteiger partial charge is 0.465 e. The lowest BCUT2D eigenvalue weighted by atomic mass is 9.65. The van der Waals surface area contributed by atoms with Crippen LogP contribution in [0.2, 0.25) is 0 Å². The highest BCUT2D eigenvalue weighted by Crippen LogP contribution is 2.65. The van der Waals surface area contributed by atoms with Gasteiger partial charge in [-0.25, -0.2) is 0 Å². The number of amides is 2. The monoisotopic (exact) mass is 490 g/mol. The van der Waals surface area contributed by atoms with Crippen molar-refractivity contribution in [3.8, 4) is 0 Å². The van der Waals surface area contributed by atoms with Crippen molar-refractivity contribution in [3.05, 3.63) is 25.3 Å². The number of nitrogens with zero attached hydrogens (tertiary/aromatic N) is 2. The van der Waals surface area contributed by atoms with Crippen LogP contribution in [0.3, 0.4) is 0 Å². The van der Waals surface area contributed by atoms with E-state index in [1.807, 2.05) is 34.6 Å². The van der Waals surface area contributed by atoms with E-state index < -0.39 is 46.6 Å². The molecule has 0 aliphatic carbocycles. The van der Waals surface area contributed by atoms with Crippen LogP contribution in [0, 0.1) is 11.8 Å². The van der Waals surface area contributed by atoms with Crippen molar-refractivity contribution in [2.75, 3.05) is 19.8 Å². The number of hydrogen-bond acceptors (Lipinski definition) is 6. The van der Waals surface area contributed by atoms with Gasteiger partial charge in [0.05, 0.1) is 30.8 Å². The van der Waals surface area contributed by atoms with Crippen molar-refractivity contribution >= 4 is 17.8 Å². The van der Waals surface area contributed by atoms with Crippen molar-refractivity contribution in [2.24, 2.45) is 11.8 Å². The average molecular weight is 491 g/mol. The van der Waals surface area contributed by atoms with Crippen LogP contribution in [0.15, 0.2) is 25.3 Å². The van der Waals surface area contributed by atoms with Gasteiger partial charge in [-0.2, -0.15) is 0 Å². The molecular formula is C27H42N2O6. The fourth-order valence-corrected chi connectivity index (χ4v) is 6.40. The summed E-state index contributed by atoms with van der Waals surface area (Å²) in [5.74, 6) is -2.63. The molecule has 1 spiro atoms. The Morgan fingerprint density at radius 1 is 1.29 bits per heavy atom. The van der Waals surface area contributed by atoms with Gasteiger partial charge in [-0.05, 0) is 52.9 Å². The Morgan fingerprint density at radius 2 is 1.97 bits per heavy atom. The minimum Gasteiger partial charge on any atom is -0.465 e. The van der Waals surface area contributed by atoms with Gasteiger partial charge in [0.1, 0.15) is 17.6 Å². The zero-order valence-corrected chi connectivity index (χ0v) is 21.9. The number of esters is 1. The van der Waals surface area contributed by atoms with E-state index in [9.17, 15) is 19.5 Å². The first-order valence-corrected chi connectivity index (χ1v) is 12.8. The molecule has 2 bridgehead atoms. The molecule has 8 heteroatoms. The standard InChI is InChI=1S/C27H42N2O6/c1-8-12-16-34-24(33)20-19-22(31)29(18(10-3)17-30)21(23(32)28(15-9-2)25(5,6)7)27(19)14-13-26(20,11-4)35-27/h8-9,18-21,30H,1-2,10-17H2,3-7H3/t18-,19-,20-,21?,26+,27?/m0/s1. The summed E-state index contributed by atoms with van der Waals surface area (Å²) in [6.07, 6.45) is 5.93. The molecule has 3 saturated heterocycles. The Bertz CT molecular complexity index is 862. The summed E-state index contributed by atoms with van der Waals surface area (Å²) in [5, 5.41) is 10.2. The molecule has 3 rings (SSSR count). The van der Waals surface area contributed by atoms with Gasteiger partial charge in [0, 0.05) is 12.1 Å². The maximum Gasteiger partial charge on any atom is 0.312 e. The van der Waals surface area contributed by atoms with Crippen LogP contribution in [0.4, 0.5) is 0 Å². The molecular weight excluding hydrogens is 448 g/mol. The Hall–Kier alpha value is -2.19. The fraction of sp³-hybridized carbons (Fsp3) is 0.741. The summed E-state index contributed by atoms with van der Waals surface area (Å²) in [6.45, 7) is 17.3. The molecule has 3 aliphatic rings. The van der Waals surface area contributed by atoms with Crippen molar-refractivity contribution in [1.82, 2.24) is 9.80 Å². The number of carbonyl (C=O) groups excluding carboxylic acids is 3. The predicted molar refractivity (Wildman–Crippen MR) is 132 cm³/mol. The quantitative estimate of drug-likeness (QED) is 0.272. The molecule has 3 aliphatic heterocycles. The Kier molecular flexibility index (Phi) is 7.87. The zero-order valence-electron chi connectivity index (χ0n) is 21.9. The highest BCUT2D eigenvalue weighted by atomic mass is 16.6. The second kappa shape index (κ2) is 10.1. The van der Waals surface area contributed by atoms with Gasteiger partial charge >= 0.3 is 5.97 Å². The van der Waals surface area contributed by atoms with Gasteiger partial charge in [-0.1, -0.05) is 26.0 Å². The molecule has 2 unspecified atom stereocenters. The zero-order chi connectivity index (χ0) is 26.2. The van der Waals surface area contributed by atoms with Crippen LogP contribution in [-0.4, -0.2) is 81.3 Å². The number of aliphatic hydroxyl groups is 1. The van der Waals surface area contributed by atoms with E-state index in [1.165, 1.54) is 4.90 Å². The second-order valence-corrected chi connectivity index (χ2v) is 11.0. The molecule has 8 nitrogen and oxygen atoms in total. The number of likely N-dealkylation sites (tertiary alicyclic amines) is 1. The Morgan fingerprint density at radius 3 is 2.49 bits per heavy atom. The molecule has 0 radical (unpaired) electrons. The lowest BCUT2D eigenvalue weighted by Crippen LogP contribution is -2.61. The van der Waals surface area contributed by atoms with E-state index in [-0.39, 0.29) is 25.0 Å². The average Bonchev–Trinajstić information content (AvgIpc) is 3.41. The molecule has 6 atom stereocenters. The number of fused-ring (bicyclic) bond motifs is 1. The van der Waals surface area contributed by atoms with Gasteiger partial charge in [0.2, 0.25) is 11.8 Å². The topological polar surface area (TPSA) is 96.4 Å². The molecule has 0 saturated carbocycles. The van der Waals surface area contributed by atoms with E-state index in [4.69, 9.17) is 9.47 Å². The number of hydrogen-bond donors (Lipinski definition) is 1. The van der Waals surface area contributed by atoms with E-state index in [0.717, 1.165) is 0 Å². The highest BCUT2D eigenvalue weighted by Gasteiger charge is 2.79. The molecule has 3 heterocycles. The third-order valence-corrected chi connectivity index (χ3v) is 8.14. The Balaban J connectivity index is 2.14. The number of aliphatic hydroxyl groups excluding tert-OH is 1. The van der Waals surface area contributed by atoms with Crippen molar-refractivity contribution in [1.29, 1.82) is 0 Å². The number of ether oxygens (including phenoxy) is 2. The second-order valence-electron chi connectivity index (χ2n) is 11.0. The molecule has 1 N–H and O–H groups in total. The van der Waals surface area contributed by atoms with Gasteiger partial charge in [0.25, 0.3) is 0 Å². The normalized spacial score (nSPS) is 32.3. The molecule has 2 amide bonds. The van der Waals surface area contributed by atoms with Gasteiger partial charge in [0.15, 0.2) is 0 Å². The third-order valence-electron chi connectivity index (χ3n) is 8.14. The van der Waals surface area contributed by atoms with E-state index in [0.29, 0.717) is 38.6 Å². The van der Waals surface area contributed by atoms with Gasteiger partial charge in [-0.3, -0.25) is 14.4 Å². The molecule has 196 valence electrons. The van der Waals surface area contributed by atoms with E-state index in [1.54, 1.807) is 17.1 Å². The summed E-state index contributed by atoms with van der Waals surface area (Å²) >= 11 is 0. The maximum atomic E-state index is 14.3. The highest BCUT2D eigenvalue weighted by molar-refractivity contribution is 5.99. The Labute approximate surface area is 209 Å². The van der Waals surface area contributed by atoms with Crippen LogP contribution >= 0.6 is 0 Å². The minimum atomic E-state index is -1.14. The molecule has 0 aromatic carbocycles. The summed E-state index contributed by atoms with van der Waals surface area (Å²) in [7, 11) is 0. The summed E-state index contributed by atoms with van der Waals surface area (Å²) in [5.41, 5.74) is -2.51. The summed E-state index contributed by atoms with van der Waals surface area (Å²) < 4.78 is 12.3. The molecule has 35 heavy (non-hydrogen) atoms. The first kappa shape index (κ1) is 27.4. The van der Waals surface area contributed by atoms with Crippen LogP contribution in [-0.2, 0) is 23.9 Å². The van der Waals surface area contributed by atoms with E-state index in [2.05, 4.69) is 13.2 Å². The third kappa shape index (κ3) is 4.22. The summed E-state index contributed by atoms with van der Waals surface area (Å²) in [6, 6.07) is -1.49. The lowest BCUT2D eigenvalue weighted by molar-refractivity contribution is -0.164. The van der Waals surface area contributed by atoms with Crippen LogP contribution in [0.25, 0.3) is 0 Å². The van der Waals surface area contributed by atoms with Gasteiger partial charge < -0.3 is 24.4 Å².